The first kappa shape index (κ1) is 20.8. The molecule has 0 radical (unpaired) electrons. The number of nitrogens with zero attached hydrogens (tertiary/aromatic N) is 1. The van der Waals surface area contributed by atoms with Crippen LogP contribution in [0.3, 0.4) is 0 Å². The molecule has 4 nitrogen and oxygen atoms in total. The fraction of sp³-hybridized carbons (Fsp3) is 0.389. The SMILES string of the molecule is CCNC(=NCCc1cccs1)Nc1ccc(OC(C)C)cc1.I. The largest absolute Gasteiger partial charge is 0.491 e. The lowest BCUT2D eigenvalue weighted by atomic mass is 10.3. The molecule has 0 aliphatic rings. The highest BCUT2D eigenvalue weighted by Gasteiger charge is 2.01. The Morgan fingerprint density at radius 2 is 1.96 bits per heavy atom. The zero-order chi connectivity index (χ0) is 16.5. The summed E-state index contributed by atoms with van der Waals surface area (Å²) in [5.41, 5.74) is 0.997. The number of anilines is 1. The summed E-state index contributed by atoms with van der Waals surface area (Å²) in [4.78, 5) is 5.99. The van der Waals surface area contributed by atoms with E-state index in [0.29, 0.717) is 0 Å². The smallest absolute Gasteiger partial charge is 0.195 e. The van der Waals surface area contributed by atoms with Gasteiger partial charge in [0.05, 0.1) is 6.10 Å². The molecule has 0 fully saturated rings. The summed E-state index contributed by atoms with van der Waals surface area (Å²) in [6.07, 6.45) is 1.15. The van der Waals surface area contributed by atoms with Gasteiger partial charge >= 0.3 is 0 Å². The molecule has 0 aliphatic heterocycles. The van der Waals surface area contributed by atoms with Crippen LogP contribution in [0.2, 0.25) is 0 Å². The van der Waals surface area contributed by atoms with Crippen molar-refractivity contribution >= 4 is 47.0 Å². The minimum Gasteiger partial charge on any atom is -0.491 e. The molecule has 0 amide bonds. The van der Waals surface area contributed by atoms with Crippen LogP contribution in [0.1, 0.15) is 25.6 Å². The van der Waals surface area contributed by atoms with Gasteiger partial charge in [-0.25, -0.2) is 0 Å². The zero-order valence-electron chi connectivity index (χ0n) is 14.4. The highest BCUT2D eigenvalue weighted by molar-refractivity contribution is 14.0. The first-order valence-electron chi connectivity index (χ1n) is 8.02. The monoisotopic (exact) mass is 459 g/mol. The molecule has 0 saturated carbocycles. The molecular formula is C18H26IN3OS. The van der Waals surface area contributed by atoms with Crippen molar-refractivity contribution in [3.05, 3.63) is 46.7 Å². The molecule has 132 valence electrons. The Labute approximate surface area is 165 Å². The third-order valence-corrected chi connectivity index (χ3v) is 3.98. The summed E-state index contributed by atoms with van der Waals surface area (Å²) in [5, 5.41) is 8.70. The van der Waals surface area contributed by atoms with E-state index >= 15 is 0 Å². The van der Waals surface area contributed by atoms with E-state index in [9.17, 15) is 0 Å². The molecule has 0 atom stereocenters. The molecule has 2 N–H and O–H groups in total. The zero-order valence-corrected chi connectivity index (χ0v) is 17.6. The van der Waals surface area contributed by atoms with Crippen molar-refractivity contribution in [3.63, 3.8) is 0 Å². The van der Waals surface area contributed by atoms with E-state index < -0.39 is 0 Å². The van der Waals surface area contributed by atoms with Crippen molar-refractivity contribution in [2.75, 3.05) is 18.4 Å². The van der Waals surface area contributed by atoms with Gasteiger partial charge in [-0.1, -0.05) is 6.07 Å². The molecule has 1 aromatic carbocycles. The number of nitrogens with one attached hydrogen (secondary N) is 2. The van der Waals surface area contributed by atoms with E-state index in [0.717, 1.165) is 36.9 Å². The molecule has 0 bridgehead atoms. The van der Waals surface area contributed by atoms with E-state index in [-0.39, 0.29) is 30.1 Å². The Morgan fingerprint density at radius 3 is 2.54 bits per heavy atom. The van der Waals surface area contributed by atoms with Gasteiger partial charge in [-0.05, 0) is 56.5 Å². The maximum Gasteiger partial charge on any atom is 0.195 e. The number of benzene rings is 1. The van der Waals surface area contributed by atoms with Crippen molar-refractivity contribution in [2.24, 2.45) is 4.99 Å². The van der Waals surface area contributed by atoms with Gasteiger partial charge in [-0.2, -0.15) is 0 Å². The fourth-order valence-electron chi connectivity index (χ4n) is 2.07. The van der Waals surface area contributed by atoms with E-state index in [1.807, 2.05) is 38.1 Å². The van der Waals surface area contributed by atoms with Crippen LogP contribution in [-0.2, 0) is 6.42 Å². The fourth-order valence-corrected chi connectivity index (χ4v) is 2.76. The van der Waals surface area contributed by atoms with Crippen LogP contribution in [0.15, 0.2) is 46.8 Å². The van der Waals surface area contributed by atoms with Crippen LogP contribution in [0.5, 0.6) is 5.75 Å². The predicted molar refractivity (Wildman–Crippen MR) is 115 cm³/mol. The Hall–Kier alpha value is -1.28. The number of guanidine groups is 1. The Balaban J connectivity index is 0.00000288. The summed E-state index contributed by atoms with van der Waals surface area (Å²) in [6, 6.07) is 12.2. The van der Waals surface area contributed by atoms with Crippen LogP contribution in [-0.4, -0.2) is 25.2 Å². The molecule has 2 aromatic rings. The Kier molecular flexibility index (Phi) is 9.78. The second kappa shape index (κ2) is 11.3. The molecule has 1 aromatic heterocycles. The first-order chi connectivity index (χ1) is 11.2. The average Bonchev–Trinajstić information content (AvgIpc) is 3.02. The maximum absolute atomic E-state index is 5.66. The molecule has 0 spiro atoms. The number of halogens is 1. The van der Waals surface area contributed by atoms with Gasteiger partial charge in [-0.15, -0.1) is 35.3 Å². The maximum atomic E-state index is 5.66. The molecule has 24 heavy (non-hydrogen) atoms. The van der Waals surface area contributed by atoms with Crippen molar-refractivity contribution < 1.29 is 4.74 Å². The minimum atomic E-state index is 0. The number of hydrogen-bond acceptors (Lipinski definition) is 3. The second-order valence-corrected chi connectivity index (χ2v) is 6.44. The topological polar surface area (TPSA) is 45.7 Å². The standard InChI is InChI=1S/C18H25N3OS.HI/c1-4-19-18(20-12-11-17-6-5-13-23-17)21-15-7-9-16(10-8-15)22-14(2)3;/h5-10,13-14H,4,11-12H2,1-3H3,(H2,19,20,21);1H. The van der Waals surface area contributed by atoms with Crippen molar-refractivity contribution in [2.45, 2.75) is 33.3 Å². The third kappa shape index (κ3) is 7.53. The number of hydrogen-bond donors (Lipinski definition) is 2. The Bertz CT molecular complexity index is 597. The normalized spacial score (nSPS) is 11.1. The summed E-state index contributed by atoms with van der Waals surface area (Å²) in [6.45, 7) is 7.71. The molecule has 0 unspecified atom stereocenters. The Morgan fingerprint density at radius 1 is 1.21 bits per heavy atom. The van der Waals surface area contributed by atoms with Crippen LogP contribution in [0, 0.1) is 0 Å². The van der Waals surface area contributed by atoms with Gasteiger partial charge in [-0.3, -0.25) is 4.99 Å². The van der Waals surface area contributed by atoms with Crippen molar-refractivity contribution in [1.29, 1.82) is 0 Å². The van der Waals surface area contributed by atoms with E-state index in [2.05, 4.69) is 40.1 Å². The van der Waals surface area contributed by atoms with Gasteiger partial charge in [0.25, 0.3) is 0 Å². The van der Waals surface area contributed by atoms with Gasteiger partial charge in [0, 0.05) is 30.1 Å². The summed E-state index contributed by atoms with van der Waals surface area (Å²) in [5.74, 6) is 1.69. The molecule has 2 rings (SSSR count). The summed E-state index contributed by atoms with van der Waals surface area (Å²) >= 11 is 1.77. The average molecular weight is 459 g/mol. The lowest BCUT2D eigenvalue weighted by molar-refractivity contribution is 0.242. The van der Waals surface area contributed by atoms with Gasteiger partial charge in [0.2, 0.25) is 0 Å². The van der Waals surface area contributed by atoms with Crippen LogP contribution < -0.4 is 15.4 Å². The highest BCUT2D eigenvalue weighted by Crippen LogP contribution is 2.17. The first-order valence-corrected chi connectivity index (χ1v) is 8.89. The number of ether oxygens (including phenoxy) is 1. The van der Waals surface area contributed by atoms with Crippen LogP contribution in [0.4, 0.5) is 5.69 Å². The number of aliphatic imine (C=N–C) groups is 1. The van der Waals surface area contributed by atoms with E-state index in [4.69, 9.17) is 4.74 Å². The molecule has 1 heterocycles. The lowest BCUT2D eigenvalue weighted by Gasteiger charge is -2.13. The molecule has 0 saturated heterocycles. The summed E-state index contributed by atoms with van der Waals surface area (Å²) < 4.78 is 5.66. The van der Waals surface area contributed by atoms with Crippen molar-refractivity contribution in [3.8, 4) is 5.75 Å². The predicted octanol–water partition coefficient (Wildman–Crippen LogP) is 4.77. The number of rotatable bonds is 7. The lowest BCUT2D eigenvalue weighted by Crippen LogP contribution is -2.30. The molecular weight excluding hydrogens is 433 g/mol. The van der Waals surface area contributed by atoms with Crippen LogP contribution in [0.25, 0.3) is 0 Å². The molecule has 0 aliphatic carbocycles. The van der Waals surface area contributed by atoms with Gasteiger partial charge in [0.15, 0.2) is 5.96 Å². The second-order valence-electron chi connectivity index (χ2n) is 5.41. The quantitative estimate of drug-likeness (QED) is 0.356. The number of thiophene rings is 1. The minimum absolute atomic E-state index is 0. The third-order valence-electron chi connectivity index (χ3n) is 3.04. The van der Waals surface area contributed by atoms with Gasteiger partial charge < -0.3 is 15.4 Å². The van der Waals surface area contributed by atoms with E-state index in [1.165, 1.54) is 4.88 Å². The van der Waals surface area contributed by atoms with Gasteiger partial charge in [0.1, 0.15) is 5.75 Å². The van der Waals surface area contributed by atoms with Crippen LogP contribution >= 0.6 is 35.3 Å². The summed E-state index contributed by atoms with van der Waals surface area (Å²) in [7, 11) is 0. The highest BCUT2D eigenvalue weighted by atomic mass is 127. The van der Waals surface area contributed by atoms with Crippen molar-refractivity contribution in [1.82, 2.24) is 5.32 Å². The van der Waals surface area contributed by atoms with E-state index in [1.54, 1.807) is 11.3 Å². The molecule has 6 heteroatoms.